The van der Waals surface area contributed by atoms with Gasteiger partial charge in [0.25, 0.3) is 0 Å². The molecule has 2 aromatic rings. The monoisotopic (exact) mass is 375 g/mol. The summed E-state index contributed by atoms with van der Waals surface area (Å²) in [7, 11) is 0. The summed E-state index contributed by atoms with van der Waals surface area (Å²) in [6, 6.07) is 10.6. The van der Waals surface area contributed by atoms with Crippen molar-refractivity contribution in [3.8, 4) is 0 Å². The molecular formula is C22H25N5O. The average Bonchev–Trinajstić information content (AvgIpc) is 3.28. The Hall–Kier alpha value is -2.73. The quantitative estimate of drug-likeness (QED) is 0.837. The highest BCUT2D eigenvalue weighted by molar-refractivity contribution is 6.05. The van der Waals surface area contributed by atoms with Gasteiger partial charge in [-0.1, -0.05) is 24.3 Å². The molecule has 2 aliphatic heterocycles. The predicted molar refractivity (Wildman–Crippen MR) is 110 cm³/mol. The summed E-state index contributed by atoms with van der Waals surface area (Å²) in [6.07, 6.45) is 8.67. The standard InChI is InChI=1S/C22H25N5O/c28-13-15-3-5-17(6-4-15)19-2-1-9-27(19)22-11-21(24-14-25-22)26-20-10-18(12-23-20)16-7-8-16/h3-6,10-11,14,16,19,28H,1-2,7-9,12-13H2,(H,23,24,25,26). The molecule has 28 heavy (non-hydrogen) atoms. The first-order chi connectivity index (χ1) is 13.8. The van der Waals surface area contributed by atoms with Gasteiger partial charge in [-0.05, 0) is 54.4 Å². The zero-order valence-electron chi connectivity index (χ0n) is 15.9. The van der Waals surface area contributed by atoms with Crippen molar-refractivity contribution in [2.75, 3.05) is 23.3 Å². The van der Waals surface area contributed by atoms with E-state index in [9.17, 15) is 5.11 Å². The third kappa shape index (κ3) is 3.52. The minimum absolute atomic E-state index is 0.0798. The minimum atomic E-state index is 0.0798. The number of anilines is 2. The summed E-state index contributed by atoms with van der Waals surface area (Å²) in [5.41, 5.74) is 3.65. The number of hydrogen-bond acceptors (Lipinski definition) is 6. The zero-order chi connectivity index (χ0) is 18.9. The summed E-state index contributed by atoms with van der Waals surface area (Å²) in [4.78, 5) is 15.9. The van der Waals surface area contributed by atoms with Crippen molar-refractivity contribution in [3.05, 3.63) is 59.4 Å². The van der Waals surface area contributed by atoms with Gasteiger partial charge >= 0.3 is 0 Å². The Labute approximate surface area is 165 Å². The van der Waals surface area contributed by atoms with Crippen LogP contribution in [0.5, 0.6) is 0 Å². The van der Waals surface area contributed by atoms with Crippen LogP contribution in [0.4, 0.5) is 11.6 Å². The second-order valence-electron chi connectivity index (χ2n) is 7.83. The van der Waals surface area contributed by atoms with Gasteiger partial charge in [0.2, 0.25) is 0 Å². The van der Waals surface area contributed by atoms with E-state index in [0.29, 0.717) is 6.04 Å². The Morgan fingerprint density at radius 2 is 1.96 bits per heavy atom. The molecule has 2 fully saturated rings. The van der Waals surface area contributed by atoms with E-state index in [1.54, 1.807) is 6.33 Å². The van der Waals surface area contributed by atoms with Gasteiger partial charge in [-0.15, -0.1) is 0 Å². The van der Waals surface area contributed by atoms with Gasteiger partial charge in [0.1, 0.15) is 23.8 Å². The molecule has 0 bridgehead atoms. The first-order valence-corrected chi connectivity index (χ1v) is 10.1. The number of benzene rings is 1. The molecule has 3 heterocycles. The zero-order valence-corrected chi connectivity index (χ0v) is 15.9. The lowest BCUT2D eigenvalue weighted by Gasteiger charge is -2.26. The van der Waals surface area contributed by atoms with Crippen LogP contribution in [0.25, 0.3) is 0 Å². The first-order valence-electron chi connectivity index (χ1n) is 10.1. The third-order valence-corrected chi connectivity index (χ3v) is 5.86. The van der Waals surface area contributed by atoms with E-state index in [1.165, 1.54) is 24.0 Å². The Morgan fingerprint density at radius 1 is 1.11 bits per heavy atom. The van der Waals surface area contributed by atoms with Crippen molar-refractivity contribution < 1.29 is 5.11 Å². The second-order valence-corrected chi connectivity index (χ2v) is 7.83. The maximum absolute atomic E-state index is 9.27. The van der Waals surface area contributed by atoms with Crippen LogP contribution in [0.2, 0.25) is 0 Å². The van der Waals surface area contributed by atoms with E-state index < -0.39 is 0 Å². The van der Waals surface area contributed by atoms with Crippen molar-refractivity contribution in [1.82, 2.24) is 9.97 Å². The summed E-state index contributed by atoms with van der Waals surface area (Å²) in [6.45, 7) is 1.88. The highest BCUT2D eigenvalue weighted by Gasteiger charge is 2.29. The maximum Gasteiger partial charge on any atom is 0.137 e. The SMILES string of the molecule is OCc1ccc(C2CCCN2c2cc(NC3=NCC(C4CC4)=C3)ncn2)cc1. The lowest BCUT2D eigenvalue weighted by atomic mass is 10.0. The van der Waals surface area contributed by atoms with E-state index in [1.807, 2.05) is 18.2 Å². The molecular weight excluding hydrogens is 350 g/mol. The highest BCUT2D eigenvalue weighted by Crippen LogP contribution is 2.38. The predicted octanol–water partition coefficient (Wildman–Crippen LogP) is 3.47. The van der Waals surface area contributed by atoms with Gasteiger partial charge in [-0.25, -0.2) is 9.97 Å². The number of rotatable bonds is 5. The Morgan fingerprint density at radius 3 is 2.75 bits per heavy atom. The van der Waals surface area contributed by atoms with Gasteiger partial charge in [0.15, 0.2) is 0 Å². The van der Waals surface area contributed by atoms with Gasteiger partial charge in [0.05, 0.1) is 19.2 Å². The van der Waals surface area contributed by atoms with Crippen molar-refractivity contribution in [2.45, 2.75) is 38.3 Å². The molecule has 0 amide bonds. The van der Waals surface area contributed by atoms with Crippen LogP contribution in [0.3, 0.4) is 0 Å². The Bertz CT molecular complexity index is 917. The molecule has 1 saturated heterocycles. The molecule has 3 aliphatic rings. The number of aliphatic imine (C=N–C) groups is 1. The van der Waals surface area contributed by atoms with Gasteiger partial charge in [-0.3, -0.25) is 4.99 Å². The van der Waals surface area contributed by atoms with Crippen LogP contribution in [0, 0.1) is 5.92 Å². The largest absolute Gasteiger partial charge is 0.392 e. The fraction of sp³-hybridized carbons (Fsp3) is 0.409. The minimum Gasteiger partial charge on any atom is -0.392 e. The number of nitrogens with zero attached hydrogens (tertiary/aromatic N) is 4. The summed E-state index contributed by atoms with van der Waals surface area (Å²) in [5.74, 6) is 3.39. The van der Waals surface area contributed by atoms with E-state index in [0.717, 1.165) is 54.9 Å². The van der Waals surface area contributed by atoms with Crippen molar-refractivity contribution in [3.63, 3.8) is 0 Å². The first kappa shape index (κ1) is 17.4. The summed E-state index contributed by atoms with van der Waals surface area (Å²) in [5, 5.41) is 12.6. The number of amidine groups is 1. The number of aliphatic hydroxyl groups is 1. The van der Waals surface area contributed by atoms with Crippen molar-refractivity contribution in [2.24, 2.45) is 10.9 Å². The molecule has 5 rings (SSSR count). The number of nitrogens with one attached hydrogen (secondary N) is 1. The van der Waals surface area contributed by atoms with Gasteiger partial charge in [-0.2, -0.15) is 0 Å². The molecule has 6 nitrogen and oxygen atoms in total. The molecule has 1 aromatic carbocycles. The third-order valence-electron chi connectivity index (χ3n) is 5.86. The molecule has 0 spiro atoms. The molecule has 6 heteroatoms. The fourth-order valence-corrected chi connectivity index (χ4v) is 4.16. The Kier molecular flexibility index (Phi) is 4.56. The molecule has 0 radical (unpaired) electrons. The van der Waals surface area contributed by atoms with E-state index in [4.69, 9.17) is 0 Å². The number of hydrogen-bond donors (Lipinski definition) is 2. The summed E-state index contributed by atoms with van der Waals surface area (Å²) >= 11 is 0. The van der Waals surface area contributed by atoms with Crippen LogP contribution in [0.15, 0.2) is 53.3 Å². The van der Waals surface area contributed by atoms with Crippen LogP contribution >= 0.6 is 0 Å². The fourth-order valence-electron chi connectivity index (χ4n) is 4.16. The van der Waals surface area contributed by atoms with E-state index >= 15 is 0 Å². The topological polar surface area (TPSA) is 73.6 Å². The van der Waals surface area contributed by atoms with Crippen LogP contribution in [-0.4, -0.2) is 34.0 Å². The van der Waals surface area contributed by atoms with E-state index in [-0.39, 0.29) is 6.61 Å². The number of aromatic nitrogens is 2. The van der Waals surface area contributed by atoms with Crippen LogP contribution in [-0.2, 0) is 6.61 Å². The molecule has 2 N–H and O–H groups in total. The highest BCUT2D eigenvalue weighted by atomic mass is 16.3. The van der Waals surface area contributed by atoms with Crippen LogP contribution < -0.4 is 10.2 Å². The average molecular weight is 375 g/mol. The van der Waals surface area contributed by atoms with Crippen molar-refractivity contribution >= 4 is 17.5 Å². The molecule has 1 aliphatic carbocycles. The van der Waals surface area contributed by atoms with Gasteiger partial charge < -0.3 is 15.3 Å². The maximum atomic E-state index is 9.27. The van der Waals surface area contributed by atoms with Crippen LogP contribution in [0.1, 0.15) is 42.9 Å². The van der Waals surface area contributed by atoms with E-state index in [2.05, 4.69) is 43.4 Å². The molecule has 1 aromatic heterocycles. The normalized spacial score (nSPS) is 21.6. The lowest BCUT2D eigenvalue weighted by molar-refractivity contribution is 0.282. The molecule has 144 valence electrons. The summed E-state index contributed by atoms with van der Waals surface area (Å²) < 4.78 is 0. The number of aliphatic hydroxyl groups excluding tert-OH is 1. The second kappa shape index (κ2) is 7.36. The molecule has 1 unspecified atom stereocenters. The van der Waals surface area contributed by atoms with Crippen molar-refractivity contribution in [1.29, 1.82) is 0 Å². The molecule has 1 atom stereocenters. The lowest BCUT2D eigenvalue weighted by Crippen LogP contribution is -2.24. The Balaban J connectivity index is 1.33. The van der Waals surface area contributed by atoms with Gasteiger partial charge in [0, 0.05) is 12.6 Å². The molecule has 1 saturated carbocycles. The smallest absolute Gasteiger partial charge is 0.137 e.